The summed E-state index contributed by atoms with van der Waals surface area (Å²) < 4.78 is 6.61. The van der Waals surface area contributed by atoms with Gasteiger partial charge in [-0.15, -0.1) is 11.3 Å². The summed E-state index contributed by atoms with van der Waals surface area (Å²) in [7, 11) is 1.65. The average Bonchev–Trinajstić information content (AvgIpc) is 3.13. The van der Waals surface area contributed by atoms with Crippen LogP contribution in [0.3, 0.4) is 0 Å². The summed E-state index contributed by atoms with van der Waals surface area (Å²) in [6.45, 7) is 1.60. The molecule has 0 spiro atoms. The maximum atomic E-state index is 12.7. The van der Waals surface area contributed by atoms with E-state index in [1.54, 1.807) is 18.4 Å². The lowest BCUT2D eigenvalue weighted by Crippen LogP contribution is -2.38. The van der Waals surface area contributed by atoms with E-state index in [1.807, 2.05) is 35.2 Å². The first-order valence-corrected chi connectivity index (χ1v) is 9.81. The van der Waals surface area contributed by atoms with E-state index in [4.69, 9.17) is 9.72 Å². The van der Waals surface area contributed by atoms with Gasteiger partial charge in [0, 0.05) is 24.6 Å². The van der Waals surface area contributed by atoms with Gasteiger partial charge in [-0.05, 0) is 31.0 Å². The van der Waals surface area contributed by atoms with Crippen LogP contribution in [0.25, 0.3) is 10.2 Å². The van der Waals surface area contributed by atoms with Crippen molar-refractivity contribution in [2.24, 2.45) is 0 Å². The first-order chi connectivity index (χ1) is 12.7. The van der Waals surface area contributed by atoms with Crippen molar-refractivity contribution < 1.29 is 9.53 Å². The van der Waals surface area contributed by atoms with Crippen LogP contribution in [-0.4, -0.2) is 36.0 Å². The van der Waals surface area contributed by atoms with Crippen LogP contribution in [0.5, 0.6) is 5.75 Å². The Balaban J connectivity index is 1.39. The molecule has 1 aliphatic heterocycles. The molecule has 0 saturated carbocycles. The molecule has 0 N–H and O–H groups in total. The minimum absolute atomic E-state index is 0.178. The van der Waals surface area contributed by atoms with Crippen molar-refractivity contribution in [3.63, 3.8) is 0 Å². The van der Waals surface area contributed by atoms with Gasteiger partial charge in [0.2, 0.25) is 5.91 Å². The number of para-hydroxylation sites is 2. The summed E-state index contributed by atoms with van der Waals surface area (Å²) in [5, 5.41) is 1.21. The normalized spacial score (nSPS) is 15.3. The van der Waals surface area contributed by atoms with Crippen molar-refractivity contribution >= 4 is 27.5 Å². The fourth-order valence-electron chi connectivity index (χ4n) is 3.56. The van der Waals surface area contributed by atoms with Crippen molar-refractivity contribution in [3.05, 3.63) is 59.1 Å². The van der Waals surface area contributed by atoms with Crippen molar-refractivity contribution in [2.75, 3.05) is 20.2 Å². The molecular weight excluding hydrogens is 344 g/mol. The zero-order chi connectivity index (χ0) is 17.9. The molecule has 1 aromatic heterocycles. The molecule has 0 atom stereocenters. The Labute approximate surface area is 157 Å². The number of aromatic nitrogens is 1. The van der Waals surface area contributed by atoms with Gasteiger partial charge in [0.1, 0.15) is 5.75 Å². The van der Waals surface area contributed by atoms with E-state index in [9.17, 15) is 4.79 Å². The molecule has 0 bridgehead atoms. The molecule has 4 rings (SSSR count). The number of nitrogens with zero attached hydrogens (tertiary/aromatic N) is 2. The lowest BCUT2D eigenvalue weighted by Gasteiger charge is -2.31. The highest BCUT2D eigenvalue weighted by molar-refractivity contribution is 7.18. The third kappa shape index (κ3) is 3.44. The highest BCUT2D eigenvalue weighted by Crippen LogP contribution is 2.34. The number of rotatable bonds is 4. The molecule has 26 heavy (non-hydrogen) atoms. The second-order valence-corrected chi connectivity index (χ2v) is 7.73. The van der Waals surface area contributed by atoms with Gasteiger partial charge >= 0.3 is 0 Å². The molecule has 134 valence electrons. The van der Waals surface area contributed by atoms with E-state index in [2.05, 4.69) is 18.2 Å². The van der Waals surface area contributed by atoms with Gasteiger partial charge in [-0.2, -0.15) is 0 Å². The number of benzene rings is 2. The summed E-state index contributed by atoms with van der Waals surface area (Å²) >= 11 is 1.79. The Kier molecular flexibility index (Phi) is 4.89. The quantitative estimate of drug-likeness (QED) is 0.693. The molecule has 0 radical (unpaired) electrons. The predicted octanol–water partition coefficient (Wildman–Crippen LogP) is 4.25. The fraction of sp³-hybridized carbons (Fsp3) is 0.333. The number of fused-ring (bicyclic) bond motifs is 1. The number of likely N-dealkylation sites (tertiary alicyclic amines) is 1. The standard InChI is InChI=1S/C21H22N2O2S/c1-25-18-8-4-2-6-16(18)14-20(24)23-12-10-15(11-13-23)21-22-17-7-3-5-9-19(17)26-21/h2-9,15H,10-14H2,1H3. The number of carbonyl (C=O) groups excluding carboxylic acids is 1. The van der Waals surface area contributed by atoms with Gasteiger partial charge in [-0.3, -0.25) is 4.79 Å². The Morgan fingerprint density at radius 3 is 2.65 bits per heavy atom. The molecule has 4 nitrogen and oxygen atoms in total. The van der Waals surface area contributed by atoms with E-state index >= 15 is 0 Å². The van der Waals surface area contributed by atoms with Crippen molar-refractivity contribution in [1.29, 1.82) is 0 Å². The number of piperidine rings is 1. The van der Waals surface area contributed by atoms with Gasteiger partial charge in [0.25, 0.3) is 0 Å². The van der Waals surface area contributed by atoms with Gasteiger partial charge in [-0.1, -0.05) is 30.3 Å². The van der Waals surface area contributed by atoms with Crippen LogP contribution in [0.15, 0.2) is 48.5 Å². The molecule has 2 heterocycles. The van der Waals surface area contributed by atoms with Gasteiger partial charge in [-0.25, -0.2) is 4.98 Å². The molecule has 3 aromatic rings. The largest absolute Gasteiger partial charge is 0.496 e. The first kappa shape index (κ1) is 17.0. The predicted molar refractivity (Wildman–Crippen MR) is 105 cm³/mol. The number of hydrogen-bond donors (Lipinski definition) is 0. The maximum Gasteiger partial charge on any atom is 0.227 e. The fourth-order valence-corrected chi connectivity index (χ4v) is 4.70. The van der Waals surface area contributed by atoms with Gasteiger partial charge < -0.3 is 9.64 Å². The number of ether oxygens (including phenoxy) is 1. The van der Waals surface area contributed by atoms with Crippen LogP contribution >= 0.6 is 11.3 Å². The van der Waals surface area contributed by atoms with Crippen LogP contribution < -0.4 is 4.74 Å². The molecular formula is C21H22N2O2S. The van der Waals surface area contributed by atoms with Crippen LogP contribution in [0.4, 0.5) is 0 Å². The smallest absolute Gasteiger partial charge is 0.227 e. The van der Waals surface area contributed by atoms with Crippen LogP contribution in [0, 0.1) is 0 Å². The van der Waals surface area contributed by atoms with Crippen LogP contribution in [0.1, 0.15) is 29.3 Å². The van der Waals surface area contributed by atoms with E-state index in [1.165, 1.54) is 9.71 Å². The molecule has 2 aromatic carbocycles. The SMILES string of the molecule is COc1ccccc1CC(=O)N1CCC(c2nc3ccccc3s2)CC1. The second kappa shape index (κ2) is 7.46. The third-order valence-corrected chi connectivity index (χ3v) is 6.24. The van der Waals surface area contributed by atoms with Gasteiger partial charge in [0.05, 0.1) is 28.8 Å². The minimum Gasteiger partial charge on any atom is -0.496 e. The number of hydrogen-bond acceptors (Lipinski definition) is 4. The monoisotopic (exact) mass is 366 g/mol. The van der Waals surface area contributed by atoms with E-state index < -0.39 is 0 Å². The highest BCUT2D eigenvalue weighted by atomic mass is 32.1. The number of amides is 1. The summed E-state index contributed by atoms with van der Waals surface area (Å²) in [6.07, 6.45) is 2.37. The minimum atomic E-state index is 0.178. The Morgan fingerprint density at radius 1 is 1.15 bits per heavy atom. The van der Waals surface area contributed by atoms with Crippen LogP contribution in [-0.2, 0) is 11.2 Å². The molecule has 1 fully saturated rings. The Bertz CT molecular complexity index is 880. The Morgan fingerprint density at radius 2 is 1.88 bits per heavy atom. The molecule has 0 unspecified atom stereocenters. The van der Waals surface area contributed by atoms with E-state index in [0.717, 1.165) is 42.8 Å². The topological polar surface area (TPSA) is 42.4 Å². The highest BCUT2D eigenvalue weighted by Gasteiger charge is 2.26. The van der Waals surface area contributed by atoms with Gasteiger partial charge in [0.15, 0.2) is 0 Å². The summed E-state index contributed by atoms with van der Waals surface area (Å²) in [5.74, 6) is 1.42. The number of carbonyl (C=O) groups is 1. The zero-order valence-corrected chi connectivity index (χ0v) is 15.7. The molecule has 0 aliphatic carbocycles. The number of thiazole rings is 1. The lowest BCUT2D eigenvalue weighted by molar-refractivity contribution is -0.131. The molecule has 1 aliphatic rings. The van der Waals surface area contributed by atoms with E-state index in [-0.39, 0.29) is 5.91 Å². The summed E-state index contributed by atoms with van der Waals surface area (Å²) in [4.78, 5) is 19.5. The summed E-state index contributed by atoms with van der Waals surface area (Å²) in [5.41, 5.74) is 2.04. The lowest BCUT2D eigenvalue weighted by atomic mass is 9.97. The Hall–Kier alpha value is -2.40. The van der Waals surface area contributed by atoms with E-state index in [0.29, 0.717) is 12.3 Å². The first-order valence-electron chi connectivity index (χ1n) is 8.99. The zero-order valence-electron chi connectivity index (χ0n) is 14.9. The molecule has 1 saturated heterocycles. The second-order valence-electron chi connectivity index (χ2n) is 6.66. The van der Waals surface area contributed by atoms with Crippen molar-refractivity contribution in [2.45, 2.75) is 25.2 Å². The van der Waals surface area contributed by atoms with Crippen LogP contribution in [0.2, 0.25) is 0 Å². The van der Waals surface area contributed by atoms with Crippen molar-refractivity contribution in [3.8, 4) is 5.75 Å². The maximum absolute atomic E-state index is 12.7. The van der Waals surface area contributed by atoms with Crippen molar-refractivity contribution in [1.82, 2.24) is 9.88 Å². The molecule has 1 amide bonds. The summed E-state index contributed by atoms with van der Waals surface area (Å²) in [6, 6.07) is 16.0. The molecule has 5 heteroatoms. The number of methoxy groups -OCH3 is 1. The average molecular weight is 366 g/mol. The third-order valence-electron chi connectivity index (χ3n) is 5.04.